The van der Waals surface area contributed by atoms with Crippen LogP contribution in [0.1, 0.15) is 6.92 Å². The van der Waals surface area contributed by atoms with Crippen molar-refractivity contribution in [3.05, 3.63) is 42.5 Å². The first-order valence-electron chi connectivity index (χ1n) is 8.30. The van der Waals surface area contributed by atoms with Crippen LogP contribution in [0.25, 0.3) is 0 Å². The topological polar surface area (TPSA) is 79.2 Å². The number of β-lactam (4-membered cyclic amide) rings is 1. The molecule has 1 aromatic carbocycles. The average molecular weight is 391 g/mol. The molecule has 2 aliphatic heterocycles. The number of hydrogen-bond acceptors (Lipinski definition) is 5. The second-order valence-electron chi connectivity index (χ2n) is 7.58. The van der Waals surface area contributed by atoms with Crippen LogP contribution in [0, 0.1) is 0 Å². The van der Waals surface area contributed by atoms with Gasteiger partial charge >= 0.3 is 5.97 Å². The number of amides is 1. The van der Waals surface area contributed by atoms with Crippen LogP contribution in [0.3, 0.4) is 0 Å². The lowest BCUT2D eigenvalue weighted by molar-refractivity contribution is -0.159. The maximum atomic E-state index is 13.1. The van der Waals surface area contributed by atoms with Crippen molar-refractivity contribution in [2.45, 2.75) is 43.1 Å². The summed E-state index contributed by atoms with van der Waals surface area (Å²) in [7, 11) is -2.11. The van der Waals surface area contributed by atoms with Crippen LogP contribution in [0.4, 0.5) is 0 Å². The Balaban J connectivity index is 1.96. The molecule has 3 unspecified atom stereocenters. The molecule has 2 aliphatic rings. The monoisotopic (exact) mass is 390 g/mol. The minimum absolute atomic E-state index is 0.240. The molecule has 2 heterocycles. The molecule has 6 nitrogen and oxygen atoms in total. The third-order valence-electron chi connectivity index (χ3n) is 4.72. The molecule has 1 N–H and O–H groups in total. The van der Waals surface area contributed by atoms with Crippen LogP contribution in [-0.4, -0.2) is 51.8 Å². The van der Waals surface area contributed by atoms with Gasteiger partial charge in [0.15, 0.2) is 11.2 Å². The SMILES string of the molecule is C=C(C)C(C(=O)O)N1C(=O)C2([Si](C)(C)C)N=C(Oc3ccccc3)SC12. The largest absolute Gasteiger partial charge is 0.479 e. The van der Waals surface area contributed by atoms with Gasteiger partial charge in [0.25, 0.3) is 11.1 Å². The summed E-state index contributed by atoms with van der Waals surface area (Å²) in [6, 6.07) is 8.19. The van der Waals surface area contributed by atoms with Crippen LogP contribution >= 0.6 is 11.8 Å². The molecule has 26 heavy (non-hydrogen) atoms. The van der Waals surface area contributed by atoms with Gasteiger partial charge in [-0.2, -0.15) is 0 Å². The van der Waals surface area contributed by atoms with Crippen LogP contribution in [-0.2, 0) is 9.59 Å². The van der Waals surface area contributed by atoms with E-state index >= 15 is 0 Å². The van der Waals surface area contributed by atoms with Gasteiger partial charge in [-0.25, -0.2) is 9.79 Å². The van der Waals surface area contributed by atoms with Crippen LogP contribution in [0.5, 0.6) is 5.75 Å². The molecule has 0 aliphatic carbocycles. The fraction of sp³-hybridized carbons (Fsp3) is 0.389. The molecule has 8 heteroatoms. The first-order valence-corrected chi connectivity index (χ1v) is 12.7. The lowest BCUT2D eigenvalue weighted by Gasteiger charge is -2.56. The number of carboxylic acid groups (broad SMARTS) is 1. The van der Waals surface area contributed by atoms with Crippen molar-refractivity contribution in [2.75, 3.05) is 0 Å². The fourth-order valence-corrected chi connectivity index (χ4v) is 7.96. The molecular formula is C18H22N2O4SSi. The van der Waals surface area contributed by atoms with Crippen molar-refractivity contribution >= 4 is 36.9 Å². The normalized spacial score (nSPS) is 25.8. The summed E-state index contributed by atoms with van der Waals surface area (Å²) in [5.41, 5.74) is 0.424. The zero-order chi connectivity index (χ0) is 19.3. The lowest BCUT2D eigenvalue weighted by Crippen LogP contribution is -2.81. The fourth-order valence-electron chi connectivity index (χ4n) is 3.37. The Morgan fingerprint density at radius 2 is 2.00 bits per heavy atom. The van der Waals surface area contributed by atoms with Crippen LogP contribution < -0.4 is 4.74 Å². The van der Waals surface area contributed by atoms with E-state index in [9.17, 15) is 14.7 Å². The number of aliphatic carboxylic acids is 1. The lowest BCUT2D eigenvalue weighted by atomic mass is 9.99. The van der Waals surface area contributed by atoms with Crippen molar-refractivity contribution in [1.82, 2.24) is 4.90 Å². The Kier molecular flexibility index (Phi) is 4.52. The van der Waals surface area contributed by atoms with E-state index < -0.39 is 25.2 Å². The quantitative estimate of drug-likeness (QED) is 0.475. The minimum Gasteiger partial charge on any atom is -0.479 e. The number of carbonyl (C=O) groups is 2. The van der Waals surface area contributed by atoms with Crippen molar-refractivity contribution in [1.29, 1.82) is 0 Å². The van der Waals surface area contributed by atoms with Crippen molar-refractivity contribution in [3.63, 3.8) is 0 Å². The summed E-state index contributed by atoms with van der Waals surface area (Å²) < 4.78 is 5.86. The number of thioether (sulfide) groups is 1. The van der Waals surface area contributed by atoms with Crippen molar-refractivity contribution in [2.24, 2.45) is 4.99 Å². The van der Waals surface area contributed by atoms with E-state index in [1.54, 1.807) is 6.92 Å². The first-order chi connectivity index (χ1) is 12.1. The molecule has 138 valence electrons. The van der Waals surface area contributed by atoms with E-state index in [1.807, 2.05) is 30.3 Å². The summed E-state index contributed by atoms with van der Waals surface area (Å²) >= 11 is 1.32. The molecule has 0 aromatic heterocycles. The van der Waals surface area contributed by atoms with Crippen LogP contribution in [0.2, 0.25) is 19.6 Å². The highest BCUT2D eigenvalue weighted by Crippen LogP contribution is 2.53. The number of para-hydroxylation sites is 1. The average Bonchev–Trinajstić information content (AvgIpc) is 2.88. The zero-order valence-corrected chi connectivity index (χ0v) is 17.0. The van der Waals surface area contributed by atoms with Crippen molar-refractivity contribution in [3.8, 4) is 5.75 Å². The summed E-state index contributed by atoms with van der Waals surface area (Å²) in [6.45, 7) is 11.6. The summed E-state index contributed by atoms with van der Waals surface area (Å²) in [4.78, 5) is 30.9. The molecule has 3 rings (SSSR count). The highest BCUT2D eigenvalue weighted by molar-refractivity contribution is 8.14. The molecular weight excluding hydrogens is 368 g/mol. The third-order valence-corrected chi connectivity index (χ3v) is 8.98. The Hall–Kier alpha value is -2.06. The zero-order valence-electron chi connectivity index (χ0n) is 15.2. The summed E-state index contributed by atoms with van der Waals surface area (Å²) in [5.74, 6) is -0.677. The molecule has 1 aromatic rings. The number of carbonyl (C=O) groups excluding carboxylic acids is 1. The Morgan fingerprint density at radius 1 is 1.38 bits per heavy atom. The predicted octanol–water partition coefficient (Wildman–Crippen LogP) is 2.98. The molecule has 0 spiro atoms. The van der Waals surface area contributed by atoms with E-state index in [4.69, 9.17) is 9.73 Å². The van der Waals surface area contributed by atoms with Gasteiger partial charge in [-0.3, -0.25) is 4.79 Å². The molecule has 0 radical (unpaired) electrons. The molecule has 1 saturated heterocycles. The van der Waals surface area contributed by atoms with Crippen molar-refractivity contribution < 1.29 is 19.4 Å². The molecule has 0 bridgehead atoms. The number of benzene rings is 1. The van der Waals surface area contributed by atoms with Crippen LogP contribution in [0.15, 0.2) is 47.5 Å². The van der Waals surface area contributed by atoms with Gasteiger partial charge in [-0.15, -0.1) is 0 Å². The highest BCUT2D eigenvalue weighted by Gasteiger charge is 2.73. The van der Waals surface area contributed by atoms with E-state index in [0.29, 0.717) is 16.6 Å². The number of nitrogens with zero attached hydrogens (tertiary/aromatic N) is 2. The van der Waals surface area contributed by atoms with Gasteiger partial charge in [0.05, 0.1) is 8.07 Å². The number of fused-ring (bicyclic) bond motifs is 1. The van der Waals surface area contributed by atoms with E-state index in [-0.39, 0.29) is 11.3 Å². The van der Waals surface area contributed by atoms with Gasteiger partial charge in [-0.05, 0) is 36.4 Å². The van der Waals surface area contributed by atoms with Gasteiger partial charge in [0, 0.05) is 0 Å². The second-order valence-corrected chi connectivity index (χ2v) is 13.9. The second kappa shape index (κ2) is 6.28. The maximum absolute atomic E-state index is 13.1. The Labute approximate surface area is 157 Å². The van der Waals surface area contributed by atoms with Gasteiger partial charge in [-0.1, -0.05) is 44.4 Å². The standard InChI is InChI=1S/C18H22N2O4SSi/c1-11(2)13(14(21)22)20-15(23)18(26(3,4)5)16(20)25-17(19-18)24-12-9-7-6-8-10-12/h6-10,13,16H,1H2,2-5H3,(H,21,22). The van der Waals surface area contributed by atoms with Gasteiger partial charge < -0.3 is 14.7 Å². The van der Waals surface area contributed by atoms with Gasteiger partial charge in [0.1, 0.15) is 11.1 Å². The first kappa shape index (κ1) is 18.7. The Bertz CT molecular complexity index is 791. The number of rotatable bonds is 5. The molecule has 0 saturated carbocycles. The number of ether oxygens (including phenoxy) is 1. The molecule has 3 atom stereocenters. The number of hydrogen-bond donors (Lipinski definition) is 1. The number of carboxylic acids is 1. The summed E-state index contributed by atoms with van der Waals surface area (Å²) in [5, 5.41) is 8.72. The smallest absolute Gasteiger partial charge is 0.330 e. The highest BCUT2D eigenvalue weighted by atomic mass is 32.2. The minimum atomic E-state index is -2.11. The predicted molar refractivity (Wildman–Crippen MR) is 105 cm³/mol. The Morgan fingerprint density at radius 3 is 2.50 bits per heavy atom. The van der Waals surface area contributed by atoms with E-state index in [2.05, 4.69) is 26.2 Å². The van der Waals surface area contributed by atoms with E-state index in [1.165, 1.54) is 16.7 Å². The summed E-state index contributed by atoms with van der Waals surface area (Å²) in [6.07, 6.45) is 0. The third kappa shape index (κ3) is 2.68. The number of likely N-dealkylation sites (tertiary alicyclic amines) is 1. The van der Waals surface area contributed by atoms with Gasteiger partial charge in [0.2, 0.25) is 0 Å². The number of aliphatic imine (C=N–C) groups is 1. The molecule has 1 amide bonds. The maximum Gasteiger partial charge on any atom is 0.330 e. The molecule has 1 fully saturated rings. The van der Waals surface area contributed by atoms with E-state index in [0.717, 1.165) is 0 Å².